The van der Waals surface area contributed by atoms with Crippen molar-refractivity contribution in [2.45, 2.75) is 56.7 Å². The van der Waals surface area contributed by atoms with Crippen molar-refractivity contribution in [3.8, 4) is 0 Å². The Balaban J connectivity index is 1.71. The third-order valence-corrected chi connectivity index (χ3v) is 6.42. The van der Waals surface area contributed by atoms with Gasteiger partial charge in [0.25, 0.3) is 0 Å². The van der Waals surface area contributed by atoms with Crippen molar-refractivity contribution >= 4 is 17.7 Å². The summed E-state index contributed by atoms with van der Waals surface area (Å²) >= 11 is 1.98. The van der Waals surface area contributed by atoms with Gasteiger partial charge in [0.1, 0.15) is 6.04 Å². The van der Waals surface area contributed by atoms with E-state index in [1.54, 1.807) is 0 Å². The van der Waals surface area contributed by atoms with Crippen LogP contribution in [0.4, 0.5) is 0 Å². The average Bonchev–Trinajstić information content (AvgIpc) is 2.86. The number of carboxylic acid groups (broad SMARTS) is 1. The molecule has 0 amide bonds. The summed E-state index contributed by atoms with van der Waals surface area (Å²) < 4.78 is 6.07. The Hall–Kier alpha value is -0.260. The molecule has 0 aromatic heterocycles. The number of carbonyl (C=O) groups is 1. The van der Waals surface area contributed by atoms with Crippen LogP contribution in [0.1, 0.15) is 39.0 Å². The van der Waals surface area contributed by atoms with Gasteiger partial charge in [-0.1, -0.05) is 6.92 Å². The number of thioether (sulfide) groups is 1. The van der Waals surface area contributed by atoms with Gasteiger partial charge < -0.3 is 9.84 Å². The molecule has 0 aromatic rings. The Morgan fingerprint density at radius 1 is 1.45 bits per heavy atom. The smallest absolute Gasteiger partial charge is 0.320 e. The van der Waals surface area contributed by atoms with Crippen molar-refractivity contribution in [1.82, 2.24) is 4.90 Å². The highest BCUT2D eigenvalue weighted by atomic mass is 32.2. The number of aliphatic carboxylic acids is 1. The van der Waals surface area contributed by atoms with E-state index in [1.807, 2.05) is 11.8 Å². The van der Waals surface area contributed by atoms with Gasteiger partial charge in [0.2, 0.25) is 0 Å². The van der Waals surface area contributed by atoms with E-state index in [-0.39, 0.29) is 11.6 Å². The molecule has 0 bridgehead atoms. The topological polar surface area (TPSA) is 49.8 Å². The molecule has 0 radical (unpaired) electrons. The van der Waals surface area contributed by atoms with Crippen LogP contribution in [-0.4, -0.2) is 58.3 Å². The number of rotatable bonds is 2. The molecule has 3 rings (SSSR count). The highest BCUT2D eigenvalue weighted by Gasteiger charge is 2.45. The summed E-state index contributed by atoms with van der Waals surface area (Å²) in [7, 11) is 0. The molecule has 0 aromatic carbocycles. The molecule has 5 heteroatoms. The van der Waals surface area contributed by atoms with Gasteiger partial charge in [-0.3, -0.25) is 9.69 Å². The lowest BCUT2D eigenvalue weighted by atomic mass is 9.85. The van der Waals surface area contributed by atoms with Crippen LogP contribution in [0.3, 0.4) is 0 Å². The first kappa shape index (κ1) is 14.7. The van der Waals surface area contributed by atoms with E-state index in [9.17, 15) is 9.90 Å². The summed E-state index contributed by atoms with van der Waals surface area (Å²) in [5.41, 5.74) is 0.0414. The maximum Gasteiger partial charge on any atom is 0.320 e. The van der Waals surface area contributed by atoms with Crippen LogP contribution in [-0.2, 0) is 9.53 Å². The van der Waals surface area contributed by atoms with E-state index in [1.165, 1.54) is 5.75 Å². The quantitative estimate of drug-likeness (QED) is 0.847. The van der Waals surface area contributed by atoms with Crippen LogP contribution in [0.5, 0.6) is 0 Å². The Bertz CT molecular complexity index is 370. The summed E-state index contributed by atoms with van der Waals surface area (Å²) in [6.07, 6.45) is 5.08. The first-order chi connectivity index (χ1) is 9.60. The summed E-state index contributed by atoms with van der Waals surface area (Å²) in [6, 6.07) is 0.115. The second kappa shape index (κ2) is 5.85. The van der Waals surface area contributed by atoms with Crippen LogP contribution >= 0.6 is 11.8 Å². The Kier molecular flexibility index (Phi) is 4.29. The lowest BCUT2D eigenvalue weighted by molar-refractivity contribution is -0.151. The molecule has 0 saturated carbocycles. The van der Waals surface area contributed by atoms with Crippen LogP contribution in [0.2, 0.25) is 0 Å². The first-order valence-corrected chi connectivity index (χ1v) is 8.95. The van der Waals surface area contributed by atoms with Crippen LogP contribution in [0, 0.1) is 5.92 Å². The molecule has 4 unspecified atom stereocenters. The highest BCUT2D eigenvalue weighted by molar-refractivity contribution is 7.99. The molecule has 3 aliphatic rings. The summed E-state index contributed by atoms with van der Waals surface area (Å²) in [5.74, 6) is 2.17. The normalized spacial score (nSPS) is 43.0. The molecule has 4 nitrogen and oxygen atoms in total. The summed E-state index contributed by atoms with van der Waals surface area (Å²) in [6.45, 7) is 3.90. The van der Waals surface area contributed by atoms with Crippen molar-refractivity contribution in [3.63, 3.8) is 0 Å². The largest absolute Gasteiger partial charge is 0.480 e. The van der Waals surface area contributed by atoms with Crippen molar-refractivity contribution < 1.29 is 14.6 Å². The number of likely N-dealkylation sites (tertiary alicyclic amines) is 1. The lowest BCUT2D eigenvalue weighted by Gasteiger charge is -2.47. The zero-order valence-electron chi connectivity index (χ0n) is 12.2. The zero-order chi connectivity index (χ0) is 14.2. The molecular formula is C15H25NO3S. The molecule has 3 saturated heterocycles. The predicted octanol–water partition coefficient (Wildman–Crippen LogP) is 2.23. The average molecular weight is 299 g/mol. The van der Waals surface area contributed by atoms with E-state index < -0.39 is 5.97 Å². The van der Waals surface area contributed by atoms with Gasteiger partial charge in [-0.15, -0.1) is 0 Å². The maximum absolute atomic E-state index is 11.6. The minimum atomic E-state index is -0.641. The number of nitrogens with zero attached hydrogens (tertiary/aromatic N) is 1. The fourth-order valence-corrected chi connectivity index (χ4v) is 5.37. The third kappa shape index (κ3) is 2.85. The van der Waals surface area contributed by atoms with Gasteiger partial charge in [0, 0.05) is 18.4 Å². The number of carboxylic acids is 1. The molecule has 20 heavy (non-hydrogen) atoms. The van der Waals surface area contributed by atoms with Gasteiger partial charge in [0.15, 0.2) is 0 Å². The second-order valence-corrected chi connectivity index (χ2v) is 7.81. The number of hydrogen-bond donors (Lipinski definition) is 1. The fraction of sp³-hybridized carbons (Fsp3) is 0.933. The lowest BCUT2D eigenvalue weighted by Crippen LogP contribution is -2.56. The van der Waals surface area contributed by atoms with Crippen molar-refractivity contribution in [2.75, 3.05) is 24.7 Å². The second-order valence-electron chi connectivity index (χ2n) is 6.70. The van der Waals surface area contributed by atoms with E-state index >= 15 is 0 Å². The minimum Gasteiger partial charge on any atom is -0.480 e. The number of piperidine rings is 1. The van der Waals surface area contributed by atoms with Crippen molar-refractivity contribution in [1.29, 1.82) is 0 Å². The number of hydrogen-bond acceptors (Lipinski definition) is 4. The molecule has 114 valence electrons. The third-order valence-electron chi connectivity index (χ3n) is 5.19. The first-order valence-electron chi connectivity index (χ1n) is 7.80. The van der Waals surface area contributed by atoms with Crippen LogP contribution in [0.15, 0.2) is 0 Å². The molecule has 1 N–H and O–H groups in total. The van der Waals surface area contributed by atoms with Crippen molar-refractivity contribution in [2.24, 2.45) is 5.92 Å². The monoisotopic (exact) mass is 299 g/mol. The van der Waals surface area contributed by atoms with Gasteiger partial charge in [-0.2, -0.15) is 11.8 Å². The Labute approximate surface area is 125 Å². The van der Waals surface area contributed by atoms with E-state index in [4.69, 9.17) is 4.74 Å². The van der Waals surface area contributed by atoms with Gasteiger partial charge >= 0.3 is 5.97 Å². The molecule has 3 heterocycles. The highest BCUT2D eigenvalue weighted by Crippen LogP contribution is 2.41. The standard InChI is InChI=1S/C15H25NO3S/c1-11-2-5-16(13(8-11)14(17)18)12-3-6-19-15(9-12)4-7-20-10-15/h11-13H,2-10H2,1H3,(H,17,18). The molecule has 4 atom stereocenters. The van der Waals surface area contributed by atoms with Crippen LogP contribution in [0.25, 0.3) is 0 Å². The van der Waals surface area contributed by atoms with E-state index in [0.29, 0.717) is 12.0 Å². The number of ether oxygens (including phenoxy) is 1. The fourth-order valence-electron chi connectivity index (χ4n) is 3.99. The Morgan fingerprint density at radius 2 is 2.30 bits per heavy atom. The van der Waals surface area contributed by atoms with Gasteiger partial charge in [-0.25, -0.2) is 0 Å². The predicted molar refractivity (Wildman–Crippen MR) is 80.2 cm³/mol. The van der Waals surface area contributed by atoms with Crippen molar-refractivity contribution in [3.05, 3.63) is 0 Å². The summed E-state index contributed by atoms with van der Waals surface area (Å²) in [4.78, 5) is 13.9. The molecule has 3 fully saturated rings. The molecule has 0 aliphatic carbocycles. The Morgan fingerprint density at radius 3 is 3.00 bits per heavy atom. The SMILES string of the molecule is CC1CCN(C2CCOC3(CCSC3)C2)C(C(=O)O)C1. The van der Waals surface area contributed by atoms with Gasteiger partial charge in [-0.05, 0) is 50.3 Å². The molecular weight excluding hydrogens is 274 g/mol. The van der Waals surface area contributed by atoms with Crippen LogP contribution < -0.4 is 0 Å². The zero-order valence-corrected chi connectivity index (χ0v) is 13.0. The molecule has 1 spiro atoms. The van der Waals surface area contributed by atoms with E-state index in [2.05, 4.69) is 11.8 Å². The van der Waals surface area contributed by atoms with Gasteiger partial charge in [0.05, 0.1) is 5.60 Å². The minimum absolute atomic E-state index is 0.0414. The maximum atomic E-state index is 11.6. The molecule has 3 aliphatic heterocycles. The summed E-state index contributed by atoms with van der Waals surface area (Å²) in [5, 5.41) is 9.54. The van der Waals surface area contributed by atoms with E-state index in [0.717, 1.165) is 51.0 Å².